The van der Waals surface area contributed by atoms with Gasteiger partial charge in [0, 0.05) is 27.3 Å². The first-order valence-electron chi connectivity index (χ1n) is 1.72. The predicted molar refractivity (Wildman–Crippen MR) is 22.0 cm³/mol. The first-order chi connectivity index (χ1) is 2.00. The van der Waals surface area contributed by atoms with Crippen LogP contribution >= 0.6 is 0 Å². The zero-order chi connectivity index (χ0) is 4.50. The Morgan fingerprint density at radius 2 is 1.17 bits per heavy atom. The van der Waals surface area contributed by atoms with Gasteiger partial charge >= 0.3 is 0 Å². The van der Waals surface area contributed by atoms with Gasteiger partial charge in [-0.15, -0.1) is 0 Å². The third kappa shape index (κ3) is 94.6. The summed E-state index contributed by atoms with van der Waals surface area (Å²) >= 11 is 0. The minimum atomic E-state index is -0.500. The Labute approximate surface area is 58.9 Å². The van der Waals surface area contributed by atoms with Gasteiger partial charge in [-0.2, -0.15) is 0 Å². The zero-order valence-corrected chi connectivity index (χ0v) is 8.69. The monoisotopic (exact) mass is 188 g/mol. The number of hydrogen-bond acceptors (Lipinski definition) is 1. The molecule has 0 aromatic rings. The molecule has 0 atom stereocenters. The molecule has 0 amide bonds. The maximum atomic E-state index is 8.52. The van der Waals surface area contributed by atoms with Crippen LogP contribution in [0.5, 0.6) is 0 Å². The van der Waals surface area contributed by atoms with Gasteiger partial charge in [-0.05, 0) is 20.8 Å². The normalized spacial score (nSPS) is 10.0. The Hall–Kier alpha value is 0.882. The molecule has 0 aromatic heterocycles. The van der Waals surface area contributed by atoms with Gasteiger partial charge in [0.1, 0.15) is 0 Å². The molecule has 0 radical (unpaired) electrons. The van der Waals surface area contributed by atoms with Gasteiger partial charge in [0.05, 0.1) is 5.60 Å². The van der Waals surface area contributed by atoms with E-state index in [9.17, 15) is 0 Å². The molecule has 2 heteroatoms. The van der Waals surface area contributed by atoms with Gasteiger partial charge in [0.2, 0.25) is 0 Å². The molecule has 34 valence electrons. The van der Waals surface area contributed by atoms with Crippen molar-refractivity contribution in [3.05, 3.63) is 0 Å². The van der Waals surface area contributed by atoms with E-state index in [2.05, 4.69) is 0 Å². The van der Waals surface area contributed by atoms with E-state index in [1.54, 1.807) is 20.8 Å². The molecule has 0 unspecified atom stereocenters. The second-order valence-corrected chi connectivity index (χ2v) is 2.17. The maximum Gasteiger partial charge on any atom is 0.0563 e. The first kappa shape index (κ1) is 9.99. The van der Waals surface area contributed by atoms with Gasteiger partial charge in [0.15, 0.2) is 0 Å². The molecule has 6 heavy (non-hydrogen) atoms. The van der Waals surface area contributed by atoms with Crippen LogP contribution in [0.1, 0.15) is 20.8 Å². The minimum absolute atomic E-state index is 0. The molecule has 0 aromatic carbocycles. The van der Waals surface area contributed by atoms with E-state index in [1.807, 2.05) is 0 Å². The van der Waals surface area contributed by atoms with E-state index in [4.69, 9.17) is 5.11 Å². The van der Waals surface area contributed by atoms with Gasteiger partial charge in [0.25, 0.3) is 0 Å². The maximum absolute atomic E-state index is 8.52. The van der Waals surface area contributed by atoms with Crippen LogP contribution in [-0.4, -0.2) is 10.7 Å². The summed E-state index contributed by atoms with van der Waals surface area (Å²) in [6, 6.07) is 0. The van der Waals surface area contributed by atoms with Crippen molar-refractivity contribution in [1.29, 1.82) is 0 Å². The van der Waals surface area contributed by atoms with E-state index >= 15 is 0 Å². The molecular weight excluding hydrogens is 176 g/mol. The van der Waals surface area contributed by atoms with Crippen molar-refractivity contribution in [2.45, 2.75) is 26.4 Å². The fourth-order valence-corrected chi connectivity index (χ4v) is 0. The molecule has 0 saturated heterocycles. The van der Waals surface area contributed by atoms with Crippen molar-refractivity contribution < 1.29 is 32.4 Å². The van der Waals surface area contributed by atoms with Crippen molar-refractivity contribution in [2.24, 2.45) is 0 Å². The fourth-order valence-electron chi connectivity index (χ4n) is 0. The number of aliphatic hydroxyl groups is 1. The van der Waals surface area contributed by atoms with Crippen molar-refractivity contribution in [3.8, 4) is 0 Å². The topological polar surface area (TPSA) is 20.2 Å². The van der Waals surface area contributed by atoms with Crippen molar-refractivity contribution in [1.82, 2.24) is 0 Å². The second-order valence-electron chi connectivity index (χ2n) is 2.17. The second kappa shape index (κ2) is 2.96. The summed E-state index contributed by atoms with van der Waals surface area (Å²) in [4.78, 5) is 0. The van der Waals surface area contributed by atoms with Crippen molar-refractivity contribution >= 4 is 0 Å². The van der Waals surface area contributed by atoms with E-state index in [-0.39, 0.29) is 27.3 Å². The average Bonchev–Trinajstić information content (AvgIpc) is 0.722. The number of rotatable bonds is 0. The smallest absolute Gasteiger partial charge is 0.0563 e. The summed E-state index contributed by atoms with van der Waals surface area (Å²) in [7, 11) is 0. The fraction of sp³-hybridized carbons (Fsp3) is 1.00. The summed E-state index contributed by atoms with van der Waals surface area (Å²) in [6.45, 7) is 5.23. The summed E-state index contributed by atoms with van der Waals surface area (Å²) in [5.74, 6) is 0. The van der Waals surface area contributed by atoms with Crippen LogP contribution < -0.4 is 0 Å². The average molecular weight is 187 g/mol. The van der Waals surface area contributed by atoms with Crippen molar-refractivity contribution in [2.75, 3.05) is 0 Å². The van der Waals surface area contributed by atoms with Gasteiger partial charge < -0.3 is 5.11 Å². The summed E-state index contributed by atoms with van der Waals surface area (Å²) in [6.07, 6.45) is 0. The van der Waals surface area contributed by atoms with Crippen LogP contribution in [-0.2, 0) is 27.3 Å². The summed E-state index contributed by atoms with van der Waals surface area (Å²) in [5, 5.41) is 8.52. The van der Waals surface area contributed by atoms with Crippen LogP contribution in [0.4, 0.5) is 0 Å². The largest absolute Gasteiger partial charge is 0.391 e. The standard InChI is InChI=1S/C4H10O.Cd/c1-4(2,3)5;/h5H,1-3H3;. The summed E-state index contributed by atoms with van der Waals surface area (Å²) in [5.41, 5.74) is -0.500. The van der Waals surface area contributed by atoms with E-state index in [0.29, 0.717) is 0 Å². The van der Waals surface area contributed by atoms with Crippen molar-refractivity contribution in [3.63, 3.8) is 0 Å². The third-order valence-corrected chi connectivity index (χ3v) is 0. The van der Waals surface area contributed by atoms with E-state index in [0.717, 1.165) is 0 Å². The molecule has 0 aliphatic heterocycles. The molecule has 1 nitrogen and oxygen atoms in total. The Morgan fingerprint density at radius 3 is 1.17 bits per heavy atom. The Morgan fingerprint density at radius 1 is 1.17 bits per heavy atom. The Kier molecular flexibility index (Phi) is 4.93. The Bertz CT molecular complexity index is 23.0. The van der Waals surface area contributed by atoms with E-state index in [1.165, 1.54) is 0 Å². The molecule has 0 spiro atoms. The molecule has 0 bridgehead atoms. The molecule has 0 saturated carbocycles. The van der Waals surface area contributed by atoms with Gasteiger partial charge in [-0.3, -0.25) is 0 Å². The third-order valence-electron chi connectivity index (χ3n) is 0. The van der Waals surface area contributed by atoms with Crippen LogP contribution in [0.15, 0.2) is 0 Å². The predicted octanol–water partition coefficient (Wildman–Crippen LogP) is 0.775. The van der Waals surface area contributed by atoms with Crippen LogP contribution in [0.3, 0.4) is 0 Å². The molecule has 0 aliphatic carbocycles. The molecule has 0 heterocycles. The molecule has 0 aliphatic rings. The quantitative estimate of drug-likeness (QED) is 0.555. The summed E-state index contributed by atoms with van der Waals surface area (Å²) < 4.78 is 0. The number of hydrogen-bond donors (Lipinski definition) is 1. The van der Waals surface area contributed by atoms with Gasteiger partial charge in [-0.25, -0.2) is 0 Å². The minimum Gasteiger partial charge on any atom is -0.391 e. The SMILES string of the molecule is CC(C)(C)O.[Cd]. The molecule has 0 rings (SSSR count). The first-order valence-corrected chi connectivity index (χ1v) is 1.72. The Balaban J connectivity index is 0. The van der Waals surface area contributed by atoms with Gasteiger partial charge in [-0.1, -0.05) is 0 Å². The van der Waals surface area contributed by atoms with E-state index < -0.39 is 5.60 Å². The van der Waals surface area contributed by atoms with Crippen LogP contribution in [0.2, 0.25) is 0 Å². The zero-order valence-electron chi connectivity index (χ0n) is 4.65. The molecule has 1 N–H and O–H groups in total. The molecular formula is C4H10CdO. The van der Waals surface area contributed by atoms with Crippen LogP contribution in [0, 0.1) is 0 Å². The van der Waals surface area contributed by atoms with Crippen LogP contribution in [0.25, 0.3) is 0 Å². The molecule has 0 fully saturated rings.